The summed E-state index contributed by atoms with van der Waals surface area (Å²) in [5.41, 5.74) is 7.67. The normalized spacial score (nSPS) is 15.8. The summed E-state index contributed by atoms with van der Waals surface area (Å²) in [4.78, 5) is 26.4. The molecule has 0 saturated carbocycles. The van der Waals surface area contributed by atoms with Crippen molar-refractivity contribution in [3.8, 4) is 0 Å². The zero-order valence-electron chi connectivity index (χ0n) is 17.0. The average Bonchev–Trinajstić information content (AvgIpc) is 3.07. The smallest absolute Gasteiger partial charge is 0.243 e. The lowest BCUT2D eigenvalue weighted by Crippen LogP contribution is -2.46. The Balaban J connectivity index is 1.78. The van der Waals surface area contributed by atoms with Crippen LogP contribution >= 0.6 is 0 Å². The Bertz CT molecular complexity index is 1050. The number of rotatable bonds is 8. The predicted molar refractivity (Wildman–Crippen MR) is 116 cm³/mol. The first-order valence-corrected chi connectivity index (χ1v) is 11.3. The maximum atomic E-state index is 12.7. The van der Waals surface area contributed by atoms with Crippen LogP contribution in [0.4, 0.5) is 11.4 Å². The van der Waals surface area contributed by atoms with Crippen molar-refractivity contribution in [3.63, 3.8) is 0 Å². The van der Waals surface area contributed by atoms with E-state index in [0.29, 0.717) is 25.2 Å². The molecule has 0 radical (unpaired) electrons. The van der Waals surface area contributed by atoms with Crippen molar-refractivity contribution >= 4 is 33.2 Å². The number of nitrogens with zero attached hydrogens (tertiary/aromatic N) is 2. The predicted octanol–water partition coefficient (Wildman–Crippen LogP) is 1.57. The highest BCUT2D eigenvalue weighted by Gasteiger charge is 2.34. The lowest BCUT2D eigenvalue weighted by Gasteiger charge is -2.24. The van der Waals surface area contributed by atoms with Gasteiger partial charge in [0.25, 0.3) is 0 Å². The van der Waals surface area contributed by atoms with Gasteiger partial charge in [-0.3, -0.25) is 9.59 Å². The Labute approximate surface area is 176 Å². The molecule has 8 nitrogen and oxygen atoms in total. The van der Waals surface area contributed by atoms with Gasteiger partial charge in [-0.15, -0.1) is 0 Å². The summed E-state index contributed by atoms with van der Waals surface area (Å²) in [6.45, 7) is 4.19. The Kier molecular flexibility index (Phi) is 6.42. The fraction of sp³-hybridized carbons (Fsp3) is 0.333. The van der Waals surface area contributed by atoms with Crippen LogP contribution in [0, 0.1) is 0 Å². The summed E-state index contributed by atoms with van der Waals surface area (Å²) < 4.78 is 26.8. The molecule has 160 valence electrons. The van der Waals surface area contributed by atoms with Gasteiger partial charge in [0, 0.05) is 30.9 Å². The molecule has 0 aromatic heterocycles. The summed E-state index contributed by atoms with van der Waals surface area (Å²) in [7, 11) is -3.63. The van der Waals surface area contributed by atoms with E-state index < -0.39 is 22.0 Å². The second kappa shape index (κ2) is 8.85. The van der Waals surface area contributed by atoms with Crippen molar-refractivity contribution in [1.29, 1.82) is 0 Å². The Morgan fingerprint density at radius 2 is 1.83 bits per heavy atom. The third kappa shape index (κ3) is 4.31. The number of primary amides is 1. The van der Waals surface area contributed by atoms with E-state index in [1.807, 2.05) is 24.3 Å². The van der Waals surface area contributed by atoms with Gasteiger partial charge in [-0.05, 0) is 29.8 Å². The minimum Gasteiger partial charge on any atom is -0.368 e. The van der Waals surface area contributed by atoms with Crippen LogP contribution in [0.5, 0.6) is 0 Å². The molecule has 0 saturated heterocycles. The lowest BCUT2D eigenvalue weighted by molar-refractivity contribution is -0.119. The van der Waals surface area contributed by atoms with Crippen LogP contribution in [0.3, 0.4) is 0 Å². The number of carbonyl (C=O) groups is 2. The van der Waals surface area contributed by atoms with Gasteiger partial charge in [0.15, 0.2) is 0 Å². The summed E-state index contributed by atoms with van der Waals surface area (Å²) >= 11 is 0. The number of fused-ring (bicyclic) bond motifs is 1. The summed E-state index contributed by atoms with van der Waals surface area (Å²) in [6.07, 6.45) is 0.455. The number of nitrogens with one attached hydrogen (secondary N) is 1. The highest BCUT2D eigenvalue weighted by atomic mass is 32.2. The third-order valence-electron chi connectivity index (χ3n) is 5.19. The van der Waals surface area contributed by atoms with Crippen molar-refractivity contribution in [2.45, 2.75) is 31.2 Å². The monoisotopic (exact) mass is 430 g/mol. The molecule has 2 aromatic rings. The average molecular weight is 431 g/mol. The fourth-order valence-electron chi connectivity index (χ4n) is 3.70. The molecule has 30 heavy (non-hydrogen) atoms. The van der Waals surface area contributed by atoms with Crippen LogP contribution in [0.15, 0.2) is 53.4 Å². The van der Waals surface area contributed by atoms with Crippen LogP contribution in [0.2, 0.25) is 0 Å². The molecule has 9 heteroatoms. The number of hydrogen-bond donors (Lipinski definition) is 2. The van der Waals surface area contributed by atoms with E-state index in [1.165, 1.54) is 16.4 Å². The minimum atomic E-state index is -3.63. The SMILES string of the molecule is CCN(CC)S(=O)(=O)c1cccc(NC(=O)CN2c3ccccc3C[C@H]2C(N)=O)c1. The Hall–Kier alpha value is -2.91. The quantitative estimate of drug-likeness (QED) is 0.660. The summed E-state index contributed by atoms with van der Waals surface area (Å²) in [5.74, 6) is -0.860. The molecule has 0 unspecified atom stereocenters. The molecule has 0 aliphatic carbocycles. The Morgan fingerprint density at radius 3 is 2.50 bits per heavy atom. The van der Waals surface area contributed by atoms with Crippen molar-refractivity contribution in [2.24, 2.45) is 5.73 Å². The van der Waals surface area contributed by atoms with Gasteiger partial charge in [-0.25, -0.2) is 8.42 Å². The molecule has 2 amide bonds. The summed E-state index contributed by atoms with van der Waals surface area (Å²) in [6, 6.07) is 13.0. The van der Waals surface area contributed by atoms with E-state index in [4.69, 9.17) is 5.73 Å². The third-order valence-corrected chi connectivity index (χ3v) is 7.24. The molecule has 2 aromatic carbocycles. The molecule has 1 atom stereocenters. The fourth-order valence-corrected chi connectivity index (χ4v) is 5.21. The number of amides is 2. The lowest BCUT2D eigenvalue weighted by atomic mass is 10.1. The molecule has 3 rings (SSSR count). The second-order valence-corrected chi connectivity index (χ2v) is 8.98. The number of benzene rings is 2. The first-order chi connectivity index (χ1) is 14.3. The van der Waals surface area contributed by atoms with Crippen molar-refractivity contribution in [1.82, 2.24) is 4.31 Å². The standard InChI is InChI=1S/C21H26N4O4S/c1-3-24(4-2)30(28,29)17-10-7-9-16(13-17)23-20(26)14-25-18-11-6-5-8-15(18)12-19(25)21(22)27/h5-11,13,19H,3-4,12,14H2,1-2H3,(H2,22,27)(H,23,26)/t19-/m0/s1. The molecule has 1 heterocycles. The van der Waals surface area contributed by atoms with Crippen LogP contribution in [-0.4, -0.2) is 50.2 Å². The van der Waals surface area contributed by atoms with Crippen LogP contribution in [-0.2, 0) is 26.0 Å². The van der Waals surface area contributed by atoms with E-state index in [2.05, 4.69) is 5.32 Å². The van der Waals surface area contributed by atoms with Crippen LogP contribution in [0.25, 0.3) is 0 Å². The number of sulfonamides is 1. The number of hydrogen-bond acceptors (Lipinski definition) is 5. The number of nitrogens with two attached hydrogens (primary N) is 1. The van der Waals surface area contributed by atoms with E-state index in [0.717, 1.165) is 11.3 Å². The van der Waals surface area contributed by atoms with Gasteiger partial charge in [-0.1, -0.05) is 38.1 Å². The second-order valence-electron chi connectivity index (χ2n) is 7.04. The zero-order valence-corrected chi connectivity index (χ0v) is 17.9. The highest BCUT2D eigenvalue weighted by molar-refractivity contribution is 7.89. The van der Waals surface area contributed by atoms with Crippen LogP contribution < -0.4 is 16.0 Å². The van der Waals surface area contributed by atoms with E-state index in [9.17, 15) is 18.0 Å². The topological polar surface area (TPSA) is 113 Å². The van der Waals surface area contributed by atoms with E-state index in [1.54, 1.807) is 30.9 Å². The Morgan fingerprint density at radius 1 is 1.13 bits per heavy atom. The molecule has 1 aliphatic heterocycles. The molecule has 3 N–H and O–H groups in total. The van der Waals surface area contributed by atoms with E-state index in [-0.39, 0.29) is 17.3 Å². The van der Waals surface area contributed by atoms with Crippen molar-refractivity contribution < 1.29 is 18.0 Å². The van der Waals surface area contributed by atoms with Crippen LogP contribution in [0.1, 0.15) is 19.4 Å². The largest absolute Gasteiger partial charge is 0.368 e. The van der Waals surface area contributed by atoms with Crippen molar-refractivity contribution in [2.75, 3.05) is 29.9 Å². The van der Waals surface area contributed by atoms with Gasteiger partial charge in [0.05, 0.1) is 11.4 Å². The van der Waals surface area contributed by atoms with Gasteiger partial charge in [0.2, 0.25) is 21.8 Å². The maximum Gasteiger partial charge on any atom is 0.243 e. The molecule has 1 aliphatic rings. The van der Waals surface area contributed by atoms with E-state index >= 15 is 0 Å². The van der Waals surface area contributed by atoms with Gasteiger partial charge < -0.3 is 16.0 Å². The minimum absolute atomic E-state index is 0.0718. The molecular formula is C21H26N4O4S. The van der Waals surface area contributed by atoms with Gasteiger partial charge >= 0.3 is 0 Å². The first kappa shape index (κ1) is 21.8. The first-order valence-electron chi connectivity index (χ1n) is 9.81. The van der Waals surface area contributed by atoms with Gasteiger partial charge in [-0.2, -0.15) is 4.31 Å². The van der Waals surface area contributed by atoms with Crippen molar-refractivity contribution in [3.05, 3.63) is 54.1 Å². The zero-order chi connectivity index (χ0) is 21.9. The molecule has 0 bridgehead atoms. The molecular weight excluding hydrogens is 404 g/mol. The highest BCUT2D eigenvalue weighted by Crippen LogP contribution is 2.31. The maximum absolute atomic E-state index is 12.7. The number of carbonyl (C=O) groups excluding carboxylic acids is 2. The van der Waals surface area contributed by atoms with Gasteiger partial charge in [0.1, 0.15) is 6.04 Å². The molecule has 0 fully saturated rings. The number of anilines is 2. The summed E-state index contributed by atoms with van der Waals surface area (Å²) in [5, 5.41) is 2.73. The number of para-hydroxylation sites is 1. The molecule has 0 spiro atoms.